The zero-order valence-electron chi connectivity index (χ0n) is 15.7. The highest BCUT2D eigenvalue weighted by molar-refractivity contribution is 6.30. The van der Waals surface area contributed by atoms with Crippen molar-refractivity contribution in [2.75, 3.05) is 7.05 Å². The zero-order valence-corrected chi connectivity index (χ0v) is 16.4. The summed E-state index contributed by atoms with van der Waals surface area (Å²) in [4.78, 5) is 14.8. The maximum Gasteiger partial charge on any atom is 0.274 e. The van der Waals surface area contributed by atoms with E-state index in [0.29, 0.717) is 17.3 Å². The number of benzene rings is 2. The minimum Gasteiger partial charge on any atom is -0.336 e. The van der Waals surface area contributed by atoms with E-state index in [1.54, 1.807) is 28.8 Å². The van der Waals surface area contributed by atoms with Crippen molar-refractivity contribution in [1.82, 2.24) is 14.7 Å². The first-order valence-corrected chi connectivity index (χ1v) is 9.77. The Hall–Kier alpha value is -2.66. The quantitative estimate of drug-likeness (QED) is 0.633. The van der Waals surface area contributed by atoms with E-state index in [4.69, 9.17) is 11.6 Å². The van der Waals surface area contributed by atoms with E-state index in [-0.39, 0.29) is 11.7 Å². The molecule has 0 spiro atoms. The van der Waals surface area contributed by atoms with Crippen molar-refractivity contribution in [3.63, 3.8) is 0 Å². The SMILES string of the molecule is CN(Cc1cccc(Cl)c1)C(=O)c1nn(-c2ccc(F)cc2)c2c1CCCC2. The van der Waals surface area contributed by atoms with Gasteiger partial charge >= 0.3 is 0 Å². The van der Waals surface area contributed by atoms with E-state index in [0.717, 1.165) is 48.2 Å². The van der Waals surface area contributed by atoms with Crippen molar-refractivity contribution in [2.24, 2.45) is 0 Å². The van der Waals surface area contributed by atoms with Crippen LogP contribution in [0.25, 0.3) is 5.69 Å². The van der Waals surface area contributed by atoms with Gasteiger partial charge in [0.25, 0.3) is 5.91 Å². The van der Waals surface area contributed by atoms with Crippen LogP contribution in [-0.4, -0.2) is 27.6 Å². The van der Waals surface area contributed by atoms with Crippen LogP contribution in [-0.2, 0) is 19.4 Å². The van der Waals surface area contributed by atoms with Gasteiger partial charge in [0, 0.05) is 29.9 Å². The molecule has 4 nitrogen and oxygen atoms in total. The molecule has 1 aromatic heterocycles. The van der Waals surface area contributed by atoms with E-state index >= 15 is 0 Å². The Morgan fingerprint density at radius 1 is 1.18 bits per heavy atom. The Morgan fingerprint density at radius 3 is 2.68 bits per heavy atom. The van der Waals surface area contributed by atoms with Crippen LogP contribution in [0.3, 0.4) is 0 Å². The number of amides is 1. The average Bonchev–Trinajstić information content (AvgIpc) is 3.08. The molecule has 0 fully saturated rings. The molecule has 0 bridgehead atoms. The molecule has 0 unspecified atom stereocenters. The van der Waals surface area contributed by atoms with Gasteiger partial charge in [-0.05, 0) is 67.6 Å². The molecule has 3 aromatic rings. The van der Waals surface area contributed by atoms with E-state index in [1.165, 1.54) is 12.1 Å². The lowest BCUT2D eigenvalue weighted by molar-refractivity contribution is 0.0777. The van der Waals surface area contributed by atoms with Gasteiger partial charge in [-0.3, -0.25) is 4.79 Å². The van der Waals surface area contributed by atoms with Gasteiger partial charge in [0.2, 0.25) is 0 Å². The second-order valence-corrected chi connectivity index (χ2v) is 7.60. The molecule has 1 aliphatic rings. The van der Waals surface area contributed by atoms with Crippen LogP contribution in [0.15, 0.2) is 48.5 Å². The summed E-state index contributed by atoms with van der Waals surface area (Å²) < 4.78 is 15.1. The predicted octanol–water partition coefficient (Wildman–Crippen LogP) is 4.82. The highest BCUT2D eigenvalue weighted by atomic mass is 35.5. The molecule has 0 aliphatic heterocycles. The number of fused-ring (bicyclic) bond motifs is 1. The number of nitrogens with zero attached hydrogens (tertiary/aromatic N) is 3. The van der Waals surface area contributed by atoms with Gasteiger partial charge in [0.15, 0.2) is 5.69 Å². The van der Waals surface area contributed by atoms with E-state index in [9.17, 15) is 9.18 Å². The van der Waals surface area contributed by atoms with Crippen molar-refractivity contribution in [3.05, 3.63) is 81.9 Å². The molecule has 0 N–H and O–H groups in total. The molecule has 28 heavy (non-hydrogen) atoms. The molecular weight excluding hydrogens is 377 g/mol. The molecule has 0 saturated carbocycles. The predicted molar refractivity (Wildman–Crippen MR) is 107 cm³/mol. The van der Waals surface area contributed by atoms with Crippen molar-refractivity contribution in [3.8, 4) is 5.69 Å². The van der Waals surface area contributed by atoms with Crippen LogP contribution in [0.4, 0.5) is 4.39 Å². The lowest BCUT2D eigenvalue weighted by Crippen LogP contribution is -2.27. The number of rotatable bonds is 4. The largest absolute Gasteiger partial charge is 0.336 e. The van der Waals surface area contributed by atoms with Crippen LogP contribution in [0.2, 0.25) is 5.02 Å². The van der Waals surface area contributed by atoms with Gasteiger partial charge in [-0.15, -0.1) is 0 Å². The molecule has 144 valence electrons. The van der Waals surface area contributed by atoms with Gasteiger partial charge in [-0.25, -0.2) is 9.07 Å². The van der Waals surface area contributed by atoms with E-state index < -0.39 is 0 Å². The van der Waals surface area contributed by atoms with Gasteiger partial charge in [0.05, 0.1) is 5.69 Å². The first kappa shape index (κ1) is 18.7. The smallest absolute Gasteiger partial charge is 0.274 e. The molecule has 4 rings (SSSR count). The maximum absolute atomic E-state index is 13.3. The standard InChI is InChI=1S/C22H21ClFN3O/c1-26(14-15-5-4-6-16(23)13-15)22(28)21-19-7-2-3-8-20(19)27(25-21)18-11-9-17(24)10-12-18/h4-6,9-13H,2-3,7-8,14H2,1H3. The van der Waals surface area contributed by atoms with Crippen molar-refractivity contribution < 1.29 is 9.18 Å². The summed E-state index contributed by atoms with van der Waals surface area (Å²) >= 11 is 6.06. The van der Waals surface area contributed by atoms with E-state index in [1.807, 2.05) is 24.3 Å². The third-order valence-electron chi connectivity index (χ3n) is 5.11. The van der Waals surface area contributed by atoms with Gasteiger partial charge in [-0.1, -0.05) is 23.7 Å². The van der Waals surface area contributed by atoms with Gasteiger partial charge < -0.3 is 4.90 Å². The van der Waals surface area contributed by atoms with Crippen molar-refractivity contribution >= 4 is 17.5 Å². The van der Waals surface area contributed by atoms with Crippen LogP contribution in [0.5, 0.6) is 0 Å². The summed E-state index contributed by atoms with van der Waals surface area (Å²) in [6.45, 7) is 0.456. The molecule has 2 aromatic carbocycles. The molecule has 1 amide bonds. The van der Waals surface area contributed by atoms with Gasteiger partial charge in [-0.2, -0.15) is 5.10 Å². The monoisotopic (exact) mass is 397 g/mol. The first-order chi connectivity index (χ1) is 13.5. The normalized spacial score (nSPS) is 13.2. The van der Waals surface area contributed by atoms with Crippen LogP contribution >= 0.6 is 11.6 Å². The number of hydrogen-bond donors (Lipinski definition) is 0. The number of hydrogen-bond acceptors (Lipinski definition) is 2. The highest BCUT2D eigenvalue weighted by Crippen LogP contribution is 2.28. The fourth-order valence-corrected chi connectivity index (χ4v) is 3.94. The third kappa shape index (κ3) is 3.67. The summed E-state index contributed by atoms with van der Waals surface area (Å²) in [5, 5.41) is 5.30. The van der Waals surface area contributed by atoms with Crippen LogP contribution in [0.1, 0.15) is 40.2 Å². The summed E-state index contributed by atoms with van der Waals surface area (Å²) in [6, 6.07) is 13.7. The molecular formula is C22H21ClFN3O. The first-order valence-electron chi connectivity index (χ1n) is 9.39. The highest BCUT2D eigenvalue weighted by Gasteiger charge is 2.27. The lowest BCUT2D eigenvalue weighted by atomic mass is 9.95. The van der Waals surface area contributed by atoms with Gasteiger partial charge in [0.1, 0.15) is 5.82 Å². The molecule has 1 aliphatic carbocycles. The fraction of sp³-hybridized carbons (Fsp3) is 0.273. The second-order valence-electron chi connectivity index (χ2n) is 7.16. The third-order valence-corrected chi connectivity index (χ3v) is 5.34. The maximum atomic E-state index is 13.3. The fourth-order valence-electron chi connectivity index (χ4n) is 3.73. The Kier molecular flexibility index (Phi) is 5.18. The minimum atomic E-state index is -0.290. The summed E-state index contributed by atoms with van der Waals surface area (Å²) in [7, 11) is 1.77. The molecule has 0 saturated heterocycles. The summed E-state index contributed by atoms with van der Waals surface area (Å²) in [5.74, 6) is -0.402. The zero-order chi connectivity index (χ0) is 19.7. The minimum absolute atomic E-state index is 0.112. The molecule has 0 radical (unpaired) electrons. The Balaban J connectivity index is 1.67. The Labute approximate surface area is 168 Å². The molecule has 0 atom stereocenters. The van der Waals surface area contributed by atoms with Crippen LogP contribution < -0.4 is 0 Å². The summed E-state index contributed by atoms with van der Waals surface area (Å²) in [6.07, 6.45) is 3.81. The second kappa shape index (κ2) is 7.76. The topological polar surface area (TPSA) is 38.1 Å². The van der Waals surface area contributed by atoms with Crippen LogP contribution in [0, 0.1) is 5.82 Å². The Bertz CT molecular complexity index is 1010. The Morgan fingerprint density at radius 2 is 1.93 bits per heavy atom. The van der Waals surface area contributed by atoms with E-state index in [2.05, 4.69) is 5.10 Å². The van der Waals surface area contributed by atoms with Crippen molar-refractivity contribution in [1.29, 1.82) is 0 Å². The number of carbonyl (C=O) groups excluding carboxylic acids is 1. The number of carbonyl (C=O) groups is 1. The molecule has 1 heterocycles. The summed E-state index contributed by atoms with van der Waals surface area (Å²) in [5.41, 5.74) is 4.30. The number of aromatic nitrogens is 2. The number of halogens is 2. The average molecular weight is 398 g/mol. The van der Waals surface area contributed by atoms with Crippen molar-refractivity contribution in [2.45, 2.75) is 32.2 Å². The molecule has 6 heteroatoms. The lowest BCUT2D eigenvalue weighted by Gasteiger charge is -2.18.